The van der Waals surface area contributed by atoms with Crippen LogP contribution in [0.1, 0.15) is 12.5 Å². The molecule has 0 bridgehead atoms. The van der Waals surface area contributed by atoms with Gasteiger partial charge in [0.05, 0.1) is 12.8 Å². The monoisotopic (exact) mass is 346 g/mol. The first kappa shape index (κ1) is 17.8. The summed E-state index contributed by atoms with van der Waals surface area (Å²) >= 11 is 5.95. The molecule has 0 atom stereocenters. The molecule has 126 valence electrons. The Morgan fingerprint density at radius 2 is 1.83 bits per heavy atom. The fraction of sp³-hybridized carbons (Fsp3) is 0.222. The second kappa shape index (κ2) is 7.84. The quantitative estimate of drug-likeness (QED) is 0.899. The van der Waals surface area contributed by atoms with Gasteiger partial charge in [-0.2, -0.15) is 0 Å². The molecule has 0 spiro atoms. The molecule has 2 aromatic rings. The molecule has 1 N–H and O–H groups in total. The molecule has 0 aliphatic carbocycles. The Kier molecular flexibility index (Phi) is 5.82. The van der Waals surface area contributed by atoms with Crippen molar-refractivity contribution in [3.8, 4) is 5.75 Å². The third-order valence-electron chi connectivity index (χ3n) is 3.46. The average Bonchev–Trinajstić information content (AvgIpc) is 2.53. The van der Waals surface area contributed by atoms with Crippen LogP contribution >= 0.6 is 11.6 Å². The van der Waals surface area contributed by atoms with Gasteiger partial charge in [-0.1, -0.05) is 29.3 Å². The van der Waals surface area contributed by atoms with Gasteiger partial charge in [-0.25, -0.2) is 0 Å². The van der Waals surface area contributed by atoms with E-state index in [4.69, 9.17) is 16.3 Å². The summed E-state index contributed by atoms with van der Waals surface area (Å²) in [7, 11) is 1.51. The number of carbonyl (C=O) groups is 2. The molecule has 0 saturated carbocycles. The number of amides is 2. The third kappa shape index (κ3) is 4.49. The van der Waals surface area contributed by atoms with E-state index in [0.29, 0.717) is 22.1 Å². The van der Waals surface area contributed by atoms with Crippen molar-refractivity contribution in [1.82, 2.24) is 0 Å². The smallest absolute Gasteiger partial charge is 0.244 e. The molecule has 24 heavy (non-hydrogen) atoms. The van der Waals surface area contributed by atoms with Crippen LogP contribution in [0, 0.1) is 6.92 Å². The fourth-order valence-electron chi connectivity index (χ4n) is 2.22. The topological polar surface area (TPSA) is 58.6 Å². The molecular formula is C18H19ClN2O3. The minimum Gasteiger partial charge on any atom is -0.495 e. The maximum Gasteiger partial charge on any atom is 0.244 e. The van der Waals surface area contributed by atoms with Crippen LogP contribution in [-0.2, 0) is 9.59 Å². The van der Waals surface area contributed by atoms with E-state index in [1.54, 1.807) is 18.2 Å². The first-order valence-electron chi connectivity index (χ1n) is 7.39. The standard InChI is InChI=1S/C18H19ClN2O3/c1-12-4-7-15(8-5-12)21(13(2)22)11-18(23)20-16-10-14(19)6-9-17(16)24-3/h4-10H,11H2,1-3H3,(H,20,23). The van der Waals surface area contributed by atoms with Gasteiger partial charge in [0.2, 0.25) is 11.8 Å². The number of nitrogens with one attached hydrogen (secondary N) is 1. The molecule has 0 aliphatic rings. The first-order valence-corrected chi connectivity index (χ1v) is 7.76. The lowest BCUT2D eigenvalue weighted by Gasteiger charge is -2.21. The van der Waals surface area contributed by atoms with Crippen LogP contribution in [0.5, 0.6) is 5.75 Å². The van der Waals surface area contributed by atoms with Crippen LogP contribution in [0.3, 0.4) is 0 Å². The maximum atomic E-state index is 12.3. The molecule has 2 aromatic carbocycles. The summed E-state index contributed by atoms with van der Waals surface area (Å²) in [6.07, 6.45) is 0. The highest BCUT2D eigenvalue weighted by atomic mass is 35.5. The lowest BCUT2D eigenvalue weighted by Crippen LogP contribution is -2.36. The number of anilines is 2. The summed E-state index contributed by atoms with van der Waals surface area (Å²) in [5, 5.41) is 3.21. The summed E-state index contributed by atoms with van der Waals surface area (Å²) in [5.41, 5.74) is 2.21. The highest BCUT2D eigenvalue weighted by molar-refractivity contribution is 6.31. The van der Waals surface area contributed by atoms with Crippen molar-refractivity contribution < 1.29 is 14.3 Å². The summed E-state index contributed by atoms with van der Waals surface area (Å²) in [4.78, 5) is 25.6. The van der Waals surface area contributed by atoms with Crippen molar-refractivity contribution in [3.05, 3.63) is 53.1 Å². The van der Waals surface area contributed by atoms with Gasteiger partial charge >= 0.3 is 0 Å². The van der Waals surface area contributed by atoms with E-state index in [1.807, 2.05) is 31.2 Å². The van der Waals surface area contributed by atoms with Crippen molar-refractivity contribution in [2.75, 3.05) is 23.9 Å². The number of methoxy groups -OCH3 is 1. The molecule has 2 amide bonds. The zero-order chi connectivity index (χ0) is 17.7. The lowest BCUT2D eigenvalue weighted by atomic mass is 10.2. The summed E-state index contributed by atoms with van der Waals surface area (Å²) in [5.74, 6) is -0.0594. The second-order valence-electron chi connectivity index (χ2n) is 5.33. The number of ether oxygens (including phenoxy) is 1. The van der Waals surface area contributed by atoms with Crippen molar-refractivity contribution in [2.24, 2.45) is 0 Å². The molecule has 2 rings (SSSR count). The molecule has 0 radical (unpaired) electrons. The predicted octanol–water partition coefficient (Wildman–Crippen LogP) is 3.65. The van der Waals surface area contributed by atoms with E-state index in [9.17, 15) is 9.59 Å². The van der Waals surface area contributed by atoms with Gasteiger partial charge in [0.1, 0.15) is 12.3 Å². The van der Waals surface area contributed by atoms with E-state index in [0.717, 1.165) is 5.56 Å². The van der Waals surface area contributed by atoms with Crippen LogP contribution in [0.4, 0.5) is 11.4 Å². The van der Waals surface area contributed by atoms with Crippen LogP contribution < -0.4 is 15.0 Å². The van der Waals surface area contributed by atoms with Crippen LogP contribution in [0.15, 0.2) is 42.5 Å². The van der Waals surface area contributed by atoms with Gasteiger partial charge in [-0.3, -0.25) is 9.59 Å². The van der Waals surface area contributed by atoms with E-state index in [-0.39, 0.29) is 18.4 Å². The highest BCUT2D eigenvalue weighted by Gasteiger charge is 2.17. The SMILES string of the molecule is COc1ccc(Cl)cc1NC(=O)CN(C(C)=O)c1ccc(C)cc1. The number of hydrogen-bond acceptors (Lipinski definition) is 3. The normalized spacial score (nSPS) is 10.2. The summed E-state index contributed by atoms with van der Waals surface area (Å²) < 4.78 is 5.20. The van der Waals surface area contributed by atoms with Crippen LogP contribution in [0.2, 0.25) is 5.02 Å². The second-order valence-corrected chi connectivity index (χ2v) is 5.77. The minimum atomic E-state index is -0.341. The predicted molar refractivity (Wildman–Crippen MR) is 95.8 cm³/mol. The van der Waals surface area contributed by atoms with E-state index >= 15 is 0 Å². The largest absolute Gasteiger partial charge is 0.495 e. The molecule has 0 aliphatic heterocycles. The van der Waals surface area contributed by atoms with Gasteiger partial charge in [-0.05, 0) is 37.3 Å². The first-order chi connectivity index (χ1) is 11.4. The molecule has 0 heterocycles. The number of halogens is 1. The Morgan fingerprint density at radius 3 is 2.42 bits per heavy atom. The molecule has 0 saturated heterocycles. The Hall–Kier alpha value is -2.53. The van der Waals surface area contributed by atoms with E-state index in [1.165, 1.54) is 18.9 Å². The van der Waals surface area contributed by atoms with Crippen LogP contribution in [0.25, 0.3) is 0 Å². The highest BCUT2D eigenvalue weighted by Crippen LogP contribution is 2.27. The van der Waals surface area contributed by atoms with E-state index in [2.05, 4.69) is 5.32 Å². The number of hydrogen-bond donors (Lipinski definition) is 1. The van der Waals surface area contributed by atoms with Gasteiger partial charge in [0.15, 0.2) is 0 Å². The van der Waals surface area contributed by atoms with E-state index < -0.39 is 0 Å². The molecule has 0 fully saturated rings. The van der Waals surface area contributed by atoms with Crippen molar-refractivity contribution in [2.45, 2.75) is 13.8 Å². The summed E-state index contributed by atoms with van der Waals surface area (Å²) in [6.45, 7) is 3.28. The zero-order valence-electron chi connectivity index (χ0n) is 13.8. The van der Waals surface area contributed by atoms with Crippen LogP contribution in [-0.4, -0.2) is 25.5 Å². The van der Waals surface area contributed by atoms with Crippen molar-refractivity contribution in [3.63, 3.8) is 0 Å². The number of benzene rings is 2. The lowest BCUT2D eigenvalue weighted by molar-refractivity contribution is -0.120. The fourth-order valence-corrected chi connectivity index (χ4v) is 2.39. The van der Waals surface area contributed by atoms with Gasteiger partial charge in [0.25, 0.3) is 0 Å². The van der Waals surface area contributed by atoms with Gasteiger partial charge in [0, 0.05) is 17.6 Å². The zero-order valence-corrected chi connectivity index (χ0v) is 14.6. The molecule has 5 nitrogen and oxygen atoms in total. The molecule has 0 aromatic heterocycles. The Morgan fingerprint density at radius 1 is 1.17 bits per heavy atom. The average molecular weight is 347 g/mol. The third-order valence-corrected chi connectivity index (χ3v) is 3.70. The summed E-state index contributed by atoms with van der Waals surface area (Å²) in [6, 6.07) is 12.3. The number of rotatable bonds is 5. The van der Waals surface area contributed by atoms with Gasteiger partial charge in [-0.15, -0.1) is 0 Å². The van der Waals surface area contributed by atoms with Crippen molar-refractivity contribution in [1.29, 1.82) is 0 Å². The number of carbonyl (C=O) groups excluding carboxylic acids is 2. The molecule has 0 unspecified atom stereocenters. The molecule has 6 heteroatoms. The number of aryl methyl sites for hydroxylation is 1. The van der Waals surface area contributed by atoms with Crippen molar-refractivity contribution >= 4 is 34.8 Å². The minimum absolute atomic E-state index is 0.103. The molecular weight excluding hydrogens is 328 g/mol. The number of nitrogens with zero attached hydrogens (tertiary/aromatic N) is 1. The maximum absolute atomic E-state index is 12.3. The Labute approximate surface area is 146 Å². The Bertz CT molecular complexity index is 744. The van der Waals surface area contributed by atoms with Gasteiger partial charge < -0.3 is 15.0 Å². The Balaban J connectivity index is 2.16.